The van der Waals surface area contributed by atoms with E-state index in [4.69, 9.17) is 21.1 Å². The van der Waals surface area contributed by atoms with Crippen molar-refractivity contribution in [1.29, 1.82) is 0 Å². The minimum Gasteiger partial charge on any atom is -0.497 e. The number of hydrogen-bond donors (Lipinski definition) is 1. The van der Waals surface area contributed by atoms with Gasteiger partial charge in [0.1, 0.15) is 17.3 Å². The summed E-state index contributed by atoms with van der Waals surface area (Å²) in [5.74, 6) is 0.210. The van der Waals surface area contributed by atoms with Crippen LogP contribution in [0.4, 0.5) is 4.39 Å². The van der Waals surface area contributed by atoms with Gasteiger partial charge in [-0.15, -0.1) is 0 Å². The van der Waals surface area contributed by atoms with E-state index in [2.05, 4.69) is 5.32 Å². The van der Waals surface area contributed by atoms with E-state index in [0.717, 1.165) is 0 Å². The maximum atomic E-state index is 13.6. The molecular formula is C16H15ClFNO3. The van der Waals surface area contributed by atoms with E-state index < -0.39 is 5.82 Å². The summed E-state index contributed by atoms with van der Waals surface area (Å²) in [6, 6.07) is 9.00. The van der Waals surface area contributed by atoms with Gasteiger partial charge in [0.05, 0.1) is 14.2 Å². The molecule has 0 heterocycles. The monoisotopic (exact) mass is 323 g/mol. The minimum absolute atomic E-state index is 0.0325. The molecule has 22 heavy (non-hydrogen) atoms. The number of methoxy groups -OCH3 is 2. The van der Waals surface area contributed by atoms with Crippen molar-refractivity contribution in [2.24, 2.45) is 0 Å². The topological polar surface area (TPSA) is 47.6 Å². The van der Waals surface area contributed by atoms with Crippen LogP contribution in [0.15, 0.2) is 36.4 Å². The van der Waals surface area contributed by atoms with Gasteiger partial charge < -0.3 is 14.8 Å². The molecule has 0 bridgehead atoms. The summed E-state index contributed by atoms with van der Waals surface area (Å²) in [5, 5.41) is 3.05. The fraction of sp³-hybridized carbons (Fsp3) is 0.188. The molecule has 2 aromatic carbocycles. The van der Waals surface area contributed by atoms with E-state index in [9.17, 15) is 9.18 Å². The first-order valence-corrected chi connectivity index (χ1v) is 6.86. The second-order valence-electron chi connectivity index (χ2n) is 4.52. The highest BCUT2D eigenvalue weighted by Gasteiger charge is 2.11. The molecule has 2 aromatic rings. The zero-order valence-electron chi connectivity index (χ0n) is 12.2. The van der Waals surface area contributed by atoms with E-state index in [0.29, 0.717) is 27.6 Å². The van der Waals surface area contributed by atoms with Crippen LogP contribution in [0.3, 0.4) is 0 Å². The largest absolute Gasteiger partial charge is 0.497 e. The summed E-state index contributed by atoms with van der Waals surface area (Å²) in [6.45, 7) is 0.0325. The quantitative estimate of drug-likeness (QED) is 0.917. The van der Waals surface area contributed by atoms with Gasteiger partial charge in [0.2, 0.25) is 0 Å². The van der Waals surface area contributed by atoms with Crippen LogP contribution in [0.2, 0.25) is 5.02 Å². The number of rotatable bonds is 5. The Morgan fingerprint density at radius 2 is 1.77 bits per heavy atom. The Balaban J connectivity index is 2.13. The summed E-state index contributed by atoms with van der Waals surface area (Å²) in [4.78, 5) is 12.2. The molecule has 6 heteroatoms. The normalized spacial score (nSPS) is 10.2. The smallest absolute Gasteiger partial charge is 0.251 e. The molecule has 1 amide bonds. The molecule has 2 rings (SSSR count). The van der Waals surface area contributed by atoms with Gasteiger partial charge in [0.25, 0.3) is 5.91 Å². The molecule has 0 fully saturated rings. The summed E-state index contributed by atoms with van der Waals surface area (Å²) < 4.78 is 23.8. The van der Waals surface area contributed by atoms with Gasteiger partial charge in [-0.05, 0) is 30.3 Å². The Hall–Kier alpha value is -2.27. The Kier molecular flexibility index (Phi) is 5.22. The van der Waals surface area contributed by atoms with Crippen LogP contribution in [-0.2, 0) is 6.54 Å². The van der Waals surface area contributed by atoms with Crippen LogP contribution >= 0.6 is 11.6 Å². The molecule has 0 aliphatic carbocycles. The predicted molar refractivity (Wildman–Crippen MR) is 82.1 cm³/mol. The van der Waals surface area contributed by atoms with E-state index in [1.165, 1.54) is 32.4 Å². The number of halogens is 2. The number of nitrogens with one attached hydrogen (secondary N) is 1. The van der Waals surface area contributed by atoms with Gasteiger partial charge in [-0.1, -0.05) is 11.6 Å². The van der Waals surface area contributed by atoms with Crippen molar-refractivity contribution >= 4 is 17.5 Å². The van der Waals surface area contributed by atoms with E-state index in [1.54, 1.807) is 18.2 Å². The molecule has 4 nitrogen and oxygen atoms in total. The van der Waals surface area contributed by atoms with Gasteiger partial charge in [0, 0.05) is 28.8 Å². The van der Waals surface area contributed by atoms with Gasteiger partial charge in [0.15, 0.2) is 0 Å². The van der Waals surface area contributed by atoms with Gasteiger partial charge >= 0.3 is 0 Å². The molecular weight excluding hydrogens is 309 g/mol. The molecule has 0 unspecified atom stereocenters. The second kappa shape index (κ2) is 7.13. The molecule has 0 aliphatic rings. The molecule has 1 N–H and O–H groups in total. The number of ether oxygens (including phenoxy) is 2. The van der Waals surface area contributed by atoms with E-state index in [1.807, 2.05) is 0 Å². The zero-order valence-corrected chi connectivity index (χ0v) is 12.9. The van der Waals surface area contributed by atoms with Gasteiger partial charge in [-0.3, -0.25) is 4.79 Å². The van der Waals surface area contributed by atoms with Gasteiger partial charge in [-0.25, -0.2) is 4.39 Å². The highest BCUT2D eigenvalue weighted by atomic mass is 35.5. The molecule has 0 atom stereocenters. The molecule has 0 saturated heterocycles. The molecule has 116 valence electrons. The SMILES string of the molecule is COc1cc(OC)cc(C(=O)NCc2cc(Cl)ccc2F)c1. The van der Waals surface area contributed by atoms with Crippen LogP contribution in [0.1, 0.15) is 15.9 Å². The summed E-state index contributed by atoms with van der Waals surface area (Å²) in [5.41, 5.74) is 0.675. The molecule has 0 radical (unpaired) electrons. The van der Waals surface area contributed by atoms with Crippen molar-refractivity contribution in [3.63, 3.8) is 0 Å². The molecule has 0 aliphatic heterocycles. The fourth-order valence-electron chi connectivity index (χ4n) is 1.89. The fourth-order valence-corrected chi connectivity index (χ4v) is 2.09. The Morgan fingerprint density at radius 3 is 2.36 bits per heavy atom. The average Bonchev–Trinajstić information content (AvgIpc) is 2.54. The Bertz CT molecular complexity index is 669. The summed E-state index contributed by atoms with van der Waals surface area (Å²) in [6.07, 6.45) is 0. The number of carbonyl (C=O) groups excluding carboxylic acids is 1. The molecule has 0 spiro atoms. The highest BCUT2D eigenvalue weighted by Crippen LogP contribution is 2.22. The van der Waals surface area contributed by atoms with Crippen LogP contribution in [0, 0.1) is 5.82 Å². The summed E-state index contributed by atoms with van der Waals surface area (Å²) >= 11 is 5.82. The zero-order chi connectivity index (χ0) is 16.1. The van der Waals surface area contributed by atoms with Crippen LogP contribution in [0.5, 0.6) is 11.5 Å². The molecule has 0 saturated carbocycles. The van der Waals surface area contributed by atoms with Crippen molar-refractivity contribution in [1.82, 2.24) is 5.32 Å². The third-order valence-electron chi connectivity index (χ3n) is 3.06. The first-order chi connectivity index (χ1) is 10.5. The lowest BCUT2D eigenvalue weighted by Crippen LogP contribution is -2.23. The van der Waals surface area contributed by atoms with Crippen LogP contribution in [-0.4, -0.2) is 20.1 Å². The van der Waals surface area contributed by atoms with Crippen molar-refractivity contribution in [3.05, 3.63) is 58.4 Å². The average molecular weight is 324 g/mol. The maximum absolute atomic E-state index is 13.6. The minimum atomic E-state index is -0.423. The van der Waals surface area contributed by atoms with Crippen LogP contribution < -0.4 is 14.8 Å². The van der Waals surface area contributed by atoms with E-state index in [-0.39, 0.29) is 12.5 Å². The molecule has 0 aromatic heterocycles. The number of hydrogen-bond acceptors (Lipinski definition) is 3. The highest BCUT2D eigenvalue weighted by molar-refractivity contribution is 6.30. The summed E-state index contributed by atoms with van der Waals surface area (Å²) in [7, 11) is 3.00. The van der Waals surface area contributed by atoms with Gasteiger partial charge in [-0.2, -0.15) is 0 Å². The third kappa shape index (κ3) is 3.89. The Morgan fingerprint density at radius 1 is 1.14 bits per heavy atom. The van der Waals surface area contributed by atoms with Crippen molar-refractivity contribution in [3.8, 4) is 11.5 Å². The number of benzene rings is 2. The Labute approximate surface area is 132 Å². The lowest BCUT2D eigenvalue weighted by Gasteiger charge is -2.10. The van der Waals surface area contributed by atoms with Crippen LogP contribution in [0.25, 0.3) is 0 Å². The first kappa shape index (κ1) is 16.1. The standard InChI is InChI=1S/C16H15ClFNO3/c1-21-13-6-10(7-14(8-13)22-2)16(20)19-9-11-5-12(17)3-4-15(11)18/h3-8H,9H2,1-2H3,(H,19,20). The predicted octanol–water partition coefficient (Wildman–Crippen LogP) is 3.43. The van der Waals surface area contributed by atoms with Crippen molar-refractivity contribution < 1.29 is 18.7 Å². The number of amides is 1. The lowest BCUT2D eigenvalue weighted by molar-refractivity contribution is 0.0950. The van der Waals surface area contributed by atoms with Crippen molar-refractivity contribution in [2.45, 2.75) is 6.54 Å². The van der Waals surface area contributed by atoms with E-state index >= 15 is 0 Å². The second-order valence-corrected chi connectivity index (χ2v) is 4.96. The first-order valence-electron chi connectivity index (χ1n) is 6.48. The number of carbonyl (C=O) groups is 1. The maximum Gasteiger partial charge on any atom is 0.251 e. The lowest BCUT2D eigenvalue weighted by atomic mass is 10.1. The third-order valence-corrected chi connectivity index (χ3v) is 3.30. The van der Waals surface area contributed by atoms with Crippen molar-refractivity contribution in [2.75, 3.05) is 14.2 Å².